The molecule has 136 valence electrons. The third kappa shape index (κ3) is 3.80. The topological polar surface area (TPSA) is 76.0 Å². The first-order chi connectivity index (χ1) is 12.6. The largest absolute Gasteiger partial charge is 0.347 e. The number of aromatic nitrogens is 2. The van der Waals surface area contributed by atoms with Gasteiger partial charge in [-0.05, 0) is 30.9 Å². The van der Waals surface area contributed by atoms with Gasteiger partial charge in [0.25, 0.3) is 11.8 Å². The molecule has 0 fully saturated rings. The highest BCUT2D eigenvalue weighted by atomic mass is 35.5. The first-order valence-corrected chi connectivity index (χ1v) is 8.99. The van der Waals surface area contributed by atoms with Gasteiger partial charge in [0.15, 0.2) is 5.82 Å². The van der Waals surface area contributed by atoms with Crippen molar-refractivity contribution in [1.29, 1.82) is 0 Å². The summed E-state index contributed by atoms with van der Waals surface area (Å²) in [6.45, 7) is 4.94. The summed E-state index contributed by atoms with van der Waals surface area (Å²) in [5.41, 5.74) is 1.98. The lowest BCUT2D eigenvalue weighted by atomic mass is 10.1. The average molecular weight is 373 g/mol. The van der Waals surface area contributed by atoms with Gasteiger partial charge in [-0.1, -0.05) is 35.9 Å². The fourth-order valence-corrected chi connectivity index (χ4v) is 3.25. The Labute approximate surface area is 157 Å². The number of halogens is 1. The minimum atomic E-state index is -0.309. The van der Waals surface area contributed by atoms with Gasteiger partial charge in [-0.2, -0.15) is 0 Å². The van der Waals surface area contributed by atoms with Gasteiger partial charge in [0, 0.05) is 24.7 Å². The molecular formula is C19H21ClN4O2. The van der Waals surface area contributed by atoms with E-state index >= 15 is 0 Å². The summed E-state index contributed by atoms with van der Waals surface area (Å²) in [6, 6.07) is 7.35. The van der Waals surface area contributed by atoms with Crippen LogP contribution >= 0.6 is 11.6 Å². The molecule has 1 aromatic heterocycles. The van der Waals surface area contributed by atoms with E-state index in [-0.39, 0.29) is 17.6 Å². The van der Waals surface area contributed by atoms with Gasteiger partial charge >= 0.3 is 0 Å². The summed E-state index contributed by atoms with van der Waals surface area (Å²) in [5, 5.41) is 6.18. The molecule has 0 bridgehead atoms. The van der Waals surface area contributed by atoms with E-state index in [2.05, 4.69) is 22.2 Å². The zero-order valence-electron chi connectivity index (χ0n) is 14.4. The van der Waals surface area contributed by atoms with Gasteiger partial charge in [0.05, 0.1) is 5.69 Å². The van der Waals surface area contributed by atoms with Crippen LogP contribution < -0.4 is 10.6 Å². The van der Waals surface area contributed by atoms with Crippen LogP contribution in [-0.2, 0) is 19.5 Å². The van der Waals surface area contributed by atoms with Crippen LogP contribution in [0.4, 0.5) is 0 Å². The second-order valence-corrected chi connectivity index (χ2v) is 6.52. The summed E-state index contributed by atoms with van der Waals surface area (Å²) in [6.07, 6.45) is 4.29. The molecular weight excluding hydrogens is 352 g/mol. The first-order valence-electron chi connectivity index (χ1n) is 8.62. The SMILES string of the molecule is C=CCNC(=O)c1nc(C(=O)NCc2ccccc2Cl)n2c1CCCC2. The van der Waals surface area contributed by atoms with Crippen LogP contribution in [0.15, 0.2) is 36.9 Å². The van der Waals surface area contributed by atoms with Crippen LogP contribution in [0.2, 0.25) is 5.02 Å². The van der Waals surface area contributed by atoms with Crippen LogP contribution in [0.1, 0.15) is 45.2 Å². The highest BCUT2D eigenvalue weighted by molar-refractivity contribution is 6.31. The van der Waals surface area contributed by atoms with Gasteiger partial charge < -0.3 is 15.2 Å². The quantitative estimate of drug-likeness (QED) is 0.765. The highest BCUT2D eigenvalue weighted by Gasteiger charge is 2.27. The number of nitrogens with zero attached hydrogens (tertiary/aromatic N) is 2. The average Bonchev–Trinajstić information content (AvgIpc) is 3.05. The van der Waals surface area contributed by atoms with Crippen LogP contribution in [0.5, 0.6) is 0 Å². The molecule has 0 spiro atoms. The summed E-state index contributed by atoms with van der Waals surface area (Å²) in [7, 11) is 0. The second kappa shape index (κ2) is 8.19. The third-order valence-electron chi connectivity index (χ3n) is 4.34. The predicted octanol–water partition coefficient (Wildman–Crippen LogP) is 2.72. The third-order valence-corrected chi connectivity index (χ3v) is 4.71. The summed E-state index contributed by atoms with van der Waals surface area (Å²) in [4.78, 5) is 29.4. The number of rotatable bonds is 6. The van der Waals surface area contributed by atoms with Crippen LogP contribution in [0, 0.1) is 0 Å². The number of benzene rings is 1. The Morgan fingerprint density at radius 3 is 2.81 bits per heavy atom. The van der Waals surface area contributed by atoms with Gasteiger partial charge in [-0.3, -0.25) is 9.59 Å². The van der Waals surface area contributed by atoms with E-state index in [0.29, 0.717) is 30.4 Å². The maximum absolute atomic E-state index is 12.7. The zero-order valence-corrected chi connectivity index (χ0v) is 15.2. The molecule has 2 aromatic rings. The maximum Gasteiger partial charge on any atom is 0.287 e. The molecule has 26 heavy (non-hydrogen) atoms. The molecule has 0 radical (unpaired) electrons. The Morgan fingerprint density at radius 2 is 2.04 bits per heavy atom. The summed E-state index contributed by atoms with van der Waals surface area (Å²) in [5.74, 6) is -0.313. The Kier molecular flexibility index (Phi) is 5.73. The van der Waals surface area contributed by atoms with E-state index in [1.165, 1.54) is 0 Å². The number of hydrogen-bond donors (Lipinski definition) is 2. The van der Waals surface area contributed by atoms with E-state index < -0.39 is 0 Å². The Hall–Kier alpha value is -2.60. The number of fused-ring (bicyclic) bond motifs is 1. The number of hydrogen-bond acceptors (Lipinski definition) is 3. The molecule has 2 amide bonds. The molecule has 2 N–H and O–H groups in total. The Balaban J connectivity index is 1.81. The maximum atomic E-state index is 12.7. The van der Waals surface area contributed by atoms with Crippen molar-refractivity contribution in [3.63, 3.8) is 0 Å². The van der Waals surface area contributed by atoms with Gasteiger partial charge in [0.1, 0.15) is 5.69 Å². The van der Waals surface area contributed by atoms with Gasteiger partial charge in [-0.15, -0.1) is 6.58 Å². The van der Waals surface area contributed by atoms with Crippen molar-refractivity contribution in [3.8, 4) is 0 Å². The van der Waals surface area contributed by atoms with Crippen molar-refractivity contribution >= 4 is 23.4 Å². The summed E-state index contributed by atoms with van der Waals surface area (Å²) >= 11 is 6.13. The smallest absolute Gasteiger partial charge is 0.287 e. The predicted molar refractivity (Wildman–Crippen MR) is 100 cm³/mol. The van der Waals surface area contributed by atoms with Crippen molar-refractivity contribution < 1.29 is 9.59 Å². The first kappa shape index (κ1) is 18.2. The molecule has 0 atom stereocenters. The number of amides is 2. The number of carbonyl (C=O) groups is 2. The number of carbonyl (C=O) groups excluding carboxylic acids is 2. The lowest BCUT2D eigenvalue weighted by molar-refractivity contribution is 0.0935. The number of nitrogens with one attached hydrogen (secondary N) is 2. The Bertz CT molecular complexity index is 844. The second-order valence-electron chi connectivity index (χ2n) is 6.11. The molecule has 0 saturated carbocycles. The molecule has 3 rings (SSSR count). The molecule has 0 saturated heterocycles. The van der Waals surface area contributed by atoms with Crippen LogP contribution in [0.3, 0.4) is 0 Å². The molecule has 0 unspecified atom stereocenters. The molecule has 2 heterocycles. The highest BCUT2D eigenvalue weighted by Crippen LogP contribution is 2.21. The van der Waals surface area contributed by atoms with Crippen molar-refractivity contribution in [3.05, 3.63) is 64.7 Å². The minimum Gasteiger partial charge on any atom is -0.347 e. The van der Waals surface area contributed by atoms with Gasteiger partial charge in [-0.25, -0.2) is 4.98 Å². The van der Waals surface area contributed by atoms with E-state index in [4.69, 9.17) is 11.6 Å². The van der Waals surface area contributed by atoms with E-state index in [1.807, 2.05) is 22.8 Å². The van der Waals surface area contributed by atoms with Crippen LogP contribution in [-0.4, -0.2) is 27.9 Å². The van der Waals surface area contributed by atoms with Crippen molar-refractivity contribution in [2.45, 2.75) is 32.4 Å². The monoisotopic (exact) mass is 372 g/mol. The minimum absolute atomic E-state index is 0.274. The molecule has 1 aromatic carbocycles. The van der Waals surface area contributed by atoms with Crippen molar-refractivity contribution in [2.24, 2.45) is 0 Å². The van der Waals surface area contributed by atoms with Gasteiger partial charge in [0.2, 0.25) is 0 Å². The van der Waals surface area contributed by atoms with E-state index in [0.717, 1.165) is 30.5 Å². The van der Waals surface area contributed by atoms with E-state index in [9.17, 15) is 9.59 Å². The fourth-order valence-electron chi connectivity index (χ4n) is 3.04. The van der Waals surface area contributed by atoms with Crippen molar-refractivity contribution in [1.82, 2.24) is 20.2 Å². The van der Waals surface area contributed by atoms with E-state index in [1.54, 1.807) is 12.1 Å². The molecule has 6 nitrogen and oxygen atoms in total. The lowest BCUT2D eigenvalue weighted by Gasteiger charge is -2.17. The molecule has 1 aliphatic heterocycles. The standard InChI is InChI=1S/C19H21ClN4O2/c1-2-10-21-18(25)16-15-9-5-6-11-24(15)17(23-16)19(26)22-12-13-7-3-4-8-14(13)20/h2-4,7-8H,1,5-6,9-12H2,(H,21,25)(H,22,26). The zero-order chi connectivity index (χ0) is 18.5. The van der Waals surface area contributed by atoms with Crippen LogP contribution in [0.25, 0.3) is 0 Å². The molecule has 7 heteroatoms. The molecule has 1 aliphatic rings. The Morgan fingerprint density at radius 1 is 1.23 bits per heavy atom. The number of imidazole rings is 1. The molecule has 0 aliphatic carbocycles. The lowest BCUT2D eigenvalue weighted by Crippen LogP contribution is -2.27. The fraction of sp³-hybridized carbons (Fsp3) is 0.316. The van der Waals surface area contributed by atoms with Crippen molar-refractivity contribution in [2.75, 3.05) is 6.54 Å². The normalized spacial score (nSPS) is 13.0. The summed E-state index contributed by atoms with van der Waals surface area (Å²) < 4.78 is 1.86.